The van der Waals surface area contributed by atoms with Gasteiger partial charge < -0.3 is 25.0 Å². The van der Waals surface area contributed by atoms with Gasteiger partial charge in [-0.15, -0.1) is 0 Å². The van der Waals surface area contributed by atoms with Crippen LogP contribution < -0.4 is 21.1 Å². The highest BCUT2D eigenvalue weighted by atomic mass is 32.1. The first kappa shape index (κ1) is 28.5. The van der Waals surface area contributed by atoms with Gasteiger partial charge in [-0.05, 0) is 104 Å². The van der Waals surface area contributed by atoms with Crippen molar-refractivity contribution >= 4 is 40.3 Å². The third-order valence-corrected chi connectivity index (χ3v) is 9.15. The third-order valence-electron chi connectivity index (χ3n) is 8.95. The van der Waals surface area contributed by atoms with E-state index >= 15 is 0 Å². The van der Waals surface area contributed by atoms with Gasteiger partial charge in [0.2, 0.25) is 0 Å². The molecule has 2 N–H and O–H groups in total. The quantitative estimate of drug-likeness (QED) is 0.367. The first-order valence-corrected chi connectivity index (χ1v) is 15.6. The standard InChI is InChI=1S/C34H41N5O2S/c1-21-10-22(2)13-28(12-21)35-34(42)36-29-15-26(33(41)38-16-23(3)11-24(4)17-38)8-9-31(29)37-18-25-14-27(20-37)30-6-5-7-32(40)39(30)19-25/h5-10,12-13,15,23-25,27H,11,14,16-20H2,1-4H3,(H2,35,36,42). The Bertz CT molecular complexity index is 1550. The van der Waals surface area contributed by atoms with Crippen molar-refractivity contribution < 1.29 is 4.79 Å². The van der Waals surface area contributed by atoms with E-state index in [9.17, 15) is 9.59 Å². The average Bonchev–Trinajstić information content (AvgIpc) is 2.92. The Hall–Kier alpha value is -3.65. The Morgan fingerprint density at radius 2 is 1.60 bits per heavy atom. The van der Waals surface area contributed by atoms with Crippen LogP contribution in [-0.2, 0) is 6.54 Å². The molecule has 8 heteroatoms. The fourth-order valence-corrected chi connectivity index (χ4v) is 7.71. The summed E-state index contributed by atoms with van der Waals surface area (Å²) >= 11 is 5.80. The minimum atomic E-state index is 0.0694. The number of fused-ring (bicyclic) bond motifs is 4. The van der Waals surface area contributed by atoms with Crippen LogP contribution in [0.15, 0.2) is 59.4 Å². The molecule has 3 aromatic rings. The van der Waals surface area contributed by atoms with Gasteiger partial charge in [0.15, 0.2) is 5.11 Å². The van der Waals surface area contributed by atoms with Crippen LogP contribution in [0, 0.1) is 31.6 Å². The predicted octanol–water partition coefficient (Wildman–Crippen LogP) is 6.02. The molecule has 4 unspecified atom stereocenters. The molecule has 3 aliphatic rings. The molecule has 4 heterocycles. The second-order valence-corrected chi connectivity index (χ2v) is 13.4. The molecule has 42 heavy (non-hydrogen) atoms. The lowest BCUT2D eigenvalue weighted by Gasteiger charge is -2.44. The molecule has 7 nitrogen and oxygen atoms in total. The van der Waals surface area contributed by atoms with Crippen molar-refractivity contribution in [2.24, 2.45) is 17.8 Å². The highest BCUT2D eigenvalue weighted by Gasteiger charge is 2.35. The van der Waals surface area contributed by atoms with Crippen LogP contribution in [0.4, 0.5) is 17.1 Å². The van der Waals surface area contributed by atoms with Crippen LogP contribution >= 0.6 is 12.2 Å². The van der Waals surface area contributed by atoms with Gasteiger partial charge in [-0.1, -0.05) is 26.0 Å². The highest BCUT2D eigenvalue weighted by molar-refractivity contribution is 7.80. The topological polar surface area (TPSA) is 69.6 Å². The molecule has 0 saturated carbocycles. The zero-order valence-corrected chi connectivity index (χ0v) is 25.8. The summed E-state index contributed by atoms with van der Waals surface area (Å²) < 4.78 is 1.96. The summed E-state index contributed by atoms with van der Waals surface area (Å²) in [5.74, 6) is 1.71. The summed E-state index contributed by atoms with van der Waals surface area (Å²) in [6.45, 7) is 12.6. The Morgan fingerprint density at radius 3 is 2.33 bits per heavy atom. The molecule has 3 aliphatic heterocycles. The number of hydrogen-bond acceptors (Lipinski definition) is 4. The van der Waals surface area contributed by atoms with Crippen molar-refractivity contribution in [3.63, 3.8) is 0 Å². The molecule has 220 valence electrons. The molecule has 2 fully saturated rings. The monoisotopic (exact) mass is 583 g/mol. The minimum Gasteiger partial charge on any atom is -0.369 e. The van der Waals surface area contributed by atoms with Gasteiger partial charge in [0.25, 0.3) is 11.5 Å². The lowest BCUT2D eigenvalue weighted by molar-refractivity contribution is 0.0623. The zero-order chi connectivity index (χ0) is 29.5. The number of anilines is 3. The minimum absolute atomic E-state index is 0.0694. The van der Waals surface area contributed by atoms with Crippen LogP contribution in [0.25, 0.3) is 0 Å². The van der Waals surface area contributed by atoms with Gasteiger partial charge in [0, 0.05) is 61.7 Å². The largest absolute Gasteiger partial charge is 0.369 e. The number of amides is 1. The molecular formula is C34H41N5O2S. The number of benzene rings is 2. The molecule has 2 saturated heterocycles. The number of likely N-dealkylation sites (tertiary alicyclic amines) is 1. The van der Waals surface area contributed by atoms with E-state index in [-0.39, 0.29) is 17.4 Å². The van der Waals surface area contributed by atoms with E-state index in [1.54, 1.807) is 6.07 Å². The molecule has 2 bridgehead atoms. The van der Waals surface area contributed by atoms with Gasteiger partial charge in [0.05, 0.1) is 11.4 Å². The number of aryl methyl sites for hydroxylation is 2. The number of thiocarbonyl (C=S) groups is 1. The van der Waals surface area contributed by atoms with Gasteiger partial charge >= 0.3 is 0 Å². The summed E-state index contributed by atoms with van der Waals surface area (Å²) in [7, 11) is 0. The fourth-order valence-electron chi connectivity index (χ4n) is 7.48. The Labute approximate surface area is 253 Å². The molecule has 1 amide bonds. The number of hydrogen-bond donors (Lipinski definition) is 2. The van der Waals surface area contributed by atoms with E-state index in [4.69, 9.17) is 12.2 Å². The number of carbonyl (C=O) groups is 1. The van der Waals surface area contributed by atoms with Crippen molar-refractivity contribution in [3.05, 3.63) is 87.3 Å². The van der Waals surface area contributed by atoms with Crippen LogP contribution in [0.5, 0.6) is 0 Å². The average molecular weight is 584 g/mol. The summed E-state index contributed by atoms with van der Waals surface area (Å²) in [5.41, 5.74) is 6.99. The first-order valence-electron chi connectivity index (χ1n) is 15.2. The summed E-state index contributed by atoms with van der Waals surface area (Å²) in [4.78, 5) is 30.7. The zero-order valence-electron chi connectivity index (χ0n) is 25.0. The van der Waals surface area contributed by atoms with Crippen LogP contribution in [-0.4, -0.2) is 46.7 Å². The SMILES string of the molecule is Cc1cc(C)cc(NC(=S)Nc2cc(C(=O)N3CC(C)CC(C)C3)ccc2N2CC3CC(C2)c2cccc(=O)n2C3)c1. The van der Waals surface area contributed by atoms with Crippen molar-refractivity contribution in [2.45, 2.75) is 53.0 Å². The van der Waals surface area contributed by atoms with E-state index in [0.29, 0.717) is 28.4 Å². The van der Waals surface area contributed by atoms with E-state index < -0.39 is 0 Å². The number of aromatic nitrogens is 1. The first-order chi connectivity index (χ1) is 20.1. The third kappa shape index (κ3) is 5.95. The maximum Gasteiger partial charge on any atom is 0.253 e. The molecule has 1 aromatic heterocycles. The maximum absolute atomic E-state index is 13.7. The Morgan fingerprint density at radius 1 is 0.857 bits per heavy atom. The molecule has 2 aromatic carbocycles. The lowest BCUT2D eigenvalue weighted by Crippen LogP contribution is -2.47. The van der Waals surface area contributed by atoms with Crippen LogP contribution in [0.1, 0.15) is 59.8 Å². The van der Waals surface area contributed by atoms with Gasteiger partial charge in [-0.2, -0.15) is 0 Å². The summed E-state index contributed by atoms with van der Waals surface area (Å²) in [6.07, 6.45) is 2.23. The number of pyridine rings is 1. The van der Waals surface area contributed by atoms with Crippen molar-refractivity contribution in [3.8, 4) is 0 Å². The molecule has 6 rings (SSSR count). The number of rotatable bonds is 4. The van der Waals surface area contributed by atoms with Gasteiger partial charge in [0.1, 0.15) is 0 Å². The van der Waals surface area contributed by atoms with Crippen molar-refractivity contribution in [1.82, 2.24) is 9.47 Å². The number of nitrogens with zero attached hydrogens (tertiary/aromatic N) is 3. The van der Waals surface area contributed by atoms with Crippen LogP contribution in [0.2, 0.25) is 0 Å². The normalized spacial score (nSPS) is 23.2. The number of carbonyl (C=O) groups excluding carboxylic acids is 1. The summed E-state index contributed by atoms with van der Waals surface area (Å²) in [6, 6.07) is 17.9. The summed E-state index contributed by atoms with van der Waals surface area (Å²) in [5, 5.41) is 7.30. The fraction of sp³-hybridized carbons (Fsp3) is 0.441. The molecule has 0 radical (unpaired) electrons. The van der Waals surface area contributed by atoms with Crippen LogP contribution in [0.3, 0.4) is 0 Å². The molecule has 0 aliphatic carbocycles. The predicted molar refractivity (Wildman–Crippen MR) is 175 cm³/mol. The maximum atomic E-state index is 13.7. The van der Waals surface area contributed by atoms with E-state index in [2.05, 4.69) is 73.6 Å². The second-order valence-electron chi connectivity index (χ2n) is 12.9. The molecular weight excluding hydrogens is 542 g/mol. The van der Waals surface area contributed by atoms with Gasteiger partial charge in [-0.25, -0.2) is 0 Å². The Balaban J connectivity index is 1.31. The highest BCUT2D eigenvalue weighted by Crippen LogP contribution is 2.39. The van der Waals surface area contributed by atoms with Gasteiger partial charge in [-0.3, -0.25) is 9.59 Å². The smallest absolute Gasteiger partial charge is 0.253 e. The van der Waals surface area contributed by atoms with E-state index in [1.807, 2.05) is 27.7 Å². The number of piperidine rings is 2. The second kappa shape index (κ2) is 11.6. The van der Waals surface area contributed by atoms with Crippen molar-refractivity contribution in [1.29, 1.82) is 0 Å². The van der Waals surface area contributed by atoms with E-state index in [1.165, 1.54) is 0 Å². The van der Waals surface area contributed by atoms with Crippen molar-refractivity contribution in [2.75, 3.05) is 41.7 Å². The Kier molecular flexibility index (Phi) is 7.83. The lowest BCUT2D eigenvalue weighted by atomic mass is 9.83. The molecule has 0 spiro atoms. The van der Waals surface area contributed by atoms with E-state index in [0.717, 1.165) is 79.4 Å². The number of nitrogens with one attached hydrogen (secondary N) is 2. The molecule has 4 atom stereocenters.